The summed E-state index contributed by atoms with van der Waals surface area (Å²) in [5.41, 5.74) is -0.630. The molecule has 2 nitrogen and oxygen atoms in total. The third-order valence-electron chi connectivity index (χ3n) is 1.62. The number of alkyl halides is 1. The van der Waals surface area contributed by atoms with Crippen molar-refractivity contribution in [1.29, 1.82) is 0 Å². The lowest BCUT2D eigenvalue weighted by Gasteiger charge is -2.28. The van der Waals surface area contributed by atoms with Gasteiger partial charge in [-0.3, -0.25) is 0 Å². The molecule has 0 aliphatic heterocycles. The van der Waals surface area contributed by atoms with Crippen LogP contribution < -0.4 is 5.11 Å². The molecule has 0 aromatic carbocycles. The zero-order chi connectivity index (χ0) is 10.6. The highest BCUT2D eigenvalue weighted by atomic mass is 35.5. The predicted molar refractivity (Wildman–Crippen MR) is 52.8 cm³/mol. The van der Waals surface area contributed by atoms with Crippen molar-refractivity contribution in [3.05, 3.63) is 10.6 Å². The molecule has 0 saturated carbocycles. The average Bonchev–Trinajstić information content (AvgIpc) is 1.81. The van der Waals surface area contributed by atoms with Crippen molar-refractivity contribution in [2.45, 2.75) is 25.6 Å². The van der Waals surface area contributed by atoms with Gasteiger partial charge in [-0.1, -0.05) is 37.0 Å². The number of hydrogen-bond donors (Lipinski definition) is 0. The fourth-order valence-electron chi connectivity index (χ4n) is 0.806. The minimum Gasteiger partial charge on any atom is -0.550 e. The Labute approximate surface area is 92.5 Å². The molecule has 0 aliphatic rings. The summed E-state index contributed by atoms with van der Waals surface area (Å²) in [5.74, 6) is -1.14. The van der Waals surface area contributed by atoms with E-state index in [4.69, 9.17) is 34.8 Å². The number of allylic oxidation sites excluding steroid dienone is 1. The first kappa shape index (κ1) is 13.1. The maximum absolute atomic E-state index is 10.3. The molecule has 0 heterocycles. The molecule has 76 valence electrons. The minimum atomic E-state index is -1.14. The molecular weight excluding hydrogens is 234 g/mol. The summed E-state index contributed by atoms with van der Waals surface area (Å²) in [6.07, 6.45) is 1.26. The van der Waals surface area contributed by atoms with Crippen molar-refractivity contribution in [2.75, 3.05) is 0 Å². The topological polar surface area (TPSA) is 40.1 Å². The monoisotopic (exact) mass is 243 g/mol. The van der Waals surface area contributed by atoms with Gasteiger partial charge in [0, 0.05) is 5.97 Å². The Morgan fingerprint density at radius 3 is 2.31 bits per heavy atom. The number of aliphatic carboxylic acids is 1. The summed E-state index contributed by atoms with van der Waals surface area (Å²) in [6, 6.07) is 0. The van der Waals surface area contributed by atoms with E-state index in [-0.39, 0.29) is 10.9 Å². The summed E-state index contributed by atoms with van der Waals surface area (Å²) in [6.45, 7) is 3.40. The number of hydrogen-bond acceptors (Lipinski definition) is 2. The van der Waals surface area contributed by atoms with Crippen molar-refractivity contribution in [1.82, 2.24) is 0 Å². The van der Waals surface area contributed by atoms with E-state index in [1.54, 1.807) is 13.8 Å². The van der Waals surface area contributed by atoms with E-state index in [1.165, 1.54) is 6.08 Å². The lowest BCUT2D eigenvalue weighted by molar-refractivity contribution is -0.307. The van der Waals surface area contributed by atoms with Crippen molar-refractivity contribution in [3.63, 3.8) is 0 Å². The third-order valence-corrected chi connectivity index (χ3v) is 2.59. The summed E-state index contributed by atoms with van der Waals surface area (Å²) < 4.78 is 0.0337. The van der Waals surface area contributed by atoms with Crippen LogP contribution in [0.4, 0.5) is 0 Å². The van der Waals surface area contributed by atoms with Crippen LogP contribution in [0.1, 0.15) is 20.3 Å². The molecule has 0 saturated heterocycles. The van der Waals surface area contributed by atoms with Gasteiger partial charge in [0.2, 0.25) is 0 Å². The molecule has 0 aromatic rings. The van der Waals surface area contributed by atoms with Crippen molar-refractivity contribution < 1.29 is 9.90 Å². The maximum Gasteiger partial charge on any atom is 0.104 e. The van der Waals surface area contributed by atoms with Gasteiger partial charge in [-0.15, -0.1) is 11.6 Å². The van der Waals surface area contributed by atoms with Gasteiger partial charge in [0.15, 0.2) is 0 Å². The van der Waals surface area contributed by atoms with Gasteiger partial charge in [0.1, 0.15) is 4.49 Å². The SMILES string of the molecule is CC(C)(CC(=O)[O-])C(Cl)C=C(Cl)Cl. The minimum absolute atomic E-state index is 0.0337. The van der Waals surface area contributed by atoms with Crippen LogP contribution >= 0.6 is 34.8 Å². The van der Waals surface area contributed by atoms with Gasteiger partial charge >= 0.3 is 0 Å². The second-order valence-electron chi connectivity index (χ2n) is 3.40. The van der Waals surface area contributed by atoms with E-state index in [0.29, 0.717) is 0 Å². The van der Waals surface area contributed by atoms with E-state index < -0.39 is 16.8 Å². The van der Waals surface area contributed by atoms with Crippen molar-refractivity contribution >= 4 is 40.8 Å². The Balaban J connectivity index is 4.44. The first-order chi connectivity index (χ1) is 5.75. The van der Waals surface area contributed by atoms with Gasteiger partial charge in [-0.2, -0.15) is 0 Å². The number of halogens is 3. The van der Waals surface area contributed by atoms with Gasteiger partial charge in [0.05, 0.1) is 5.38 Å². The molecule has 0 aliphatic carbocycles. The van der Waals surface area contributed by atoms with E-state index in [0.717, 1.165) is 0 Å². The van der Waals surface area contributed by atoms with Crippen LogP contribution in [0.15, 0.2) is 10.6 Å². The predicted octanol–water partition coefficient (Wildman–Crippen LogP) is 2.08. The lowest BCUT2D eigenvalue weighted by atomic mass is 9.85. The molecule has 1 atom stereocenters. The van der Waals surface area contributed by atoms with Gasteiger partial charge < -0.3 is 9.90 Å². The summed E-state index contributed by atoms with van der Waals surface area (Å²) in [5, 5.41) is 9.82. The van der Waals surface area contributed by atoms with Crippen LogP contribution in [0.25, 0.3) is 0 Å². The second kappa shape index (κ2) is 5.08. The molecule has 0 bridgehead atoms. The maximum atomic E-state index is 10.3. The quantitative estimate of drug-likeness (QED) is 0.711. The summed E-state index contributed by atoms with van der Waals surface area (Å²) >= 11 is 16.7. The number of carbonyl (C=O) groups is 1. The van der Waals surface area contributed by atoms with Gasteiger partial charge in [-0.05, 0) is 17.9 Å². The molecule has 0 amide bonds. The van der Waals surface area contributed by atoms with Gasteiger partial charge in [-0.25, -0.2) is 0 Å². The van der Waals surface area contributed by atoms with Crippen LogP contribution in [0, 0.1) is 5.41 Å². The Bertz CT molecular complexity index is 219. The zero-order valence-electron chi connectivity index (χ0n) is 7.31. The standard InChI is InChI=1S/C8H11Cl3O2/c1-8(2,4-7(12)13)5(9)3-6(10)11/h3,5H,4H2,1-2H3,(H,12,13)/p-1. The number of carboxylic acid groups (broad SMARTS) is 1. The first-order valence-electron chi connectivity index (χ1n) is 3.62. The highest BCUT2D eigenvalue weighted by molar-refractivity contribution is 6.56. The largest absolute Gasteiger partial charge is 0.550 e. The average molecular weight is 245 g/mol. The third kappa shape index (κ3) is 5.40. The Kier molecular flexibility index (Phi) is 5.11. The molecule has 5 heteroatoms. The number of carbonyl (C=O) groups excluding carboxylic acids is 1. The Hall–Kier alpha value is 0.0800. The van der Waals surface area contributed by atoms with Crippen molar-refractivity contribution in [2.24, 2.45) is 5.41 Å². The van der Waals surface area contributed by atoms with Gasteiger partial charge in [0.25, 0.3) is 0 Å². The van der Waals surface area contributed by atoms with Crippen LogP contribution in [0.2, 0.25) is 0 Å². The number of rotatable bonds is 4. The molecule has 0 rings (SSSR count). The Morgan fingerprint density at radius 2 is 2.00 bits per heavy atom. The molecule has 0 spiro atoms. The molecular formula is C8H10Cl3O2-. The molecule has 13 heavy (non-hydrogen) atoms. The normalized spacial score (nSPS) is 13.6. The summed E-state index contributed by atoms with van der Waals surface area (Å²) in [7, 11) is 0. The van der Waals surface area contributed by atoms with Crippen molar-refractivity contribution in [3.8, 4) is 0 Å². The van der Waals surface area contributed by atoms with E-state index >= 15 is 0 Å². The van der Waals surface area contributed by atoms with E-state index in [2.05, 4.69) is 0 Å². The smallest absolute Gasteiger partial charge is 0.104 e. The van der Waals surface area contributed by atoms with Crippen LogP contribution in [0.5, 0.6) is 0 Å². The van der Waals surface area contributed by atoms with E-state index in [9.17, 15) is 9.90 Å². The highest BCUT2D eigenvalue weighted by Crippen LogP contribution is 2.31. The number of carboxylic acids is 1. The molecule has 0 aromatic heterocycles. The van der Waals surface area contributed by atoms with Crippen LogP contribution in [-0.4, -0.2) is 11.3 Å². The fraction of sp³-hybridized carbons (Fsp3) is 0.625. The molecule has 0 N–H and O–H groups in total. The van der Waals surface area contributed by atoms with Crippen LogP contribution in [-0.2, 0) is 4.79 Å². The summed E-state index contributed by atoms with van der Waals surface area (Å²) in [4.78, 5) is 10.3. The lowest BCUT2D eigenvalue weighted by Crippen LogP contribution is -2.33. The molecule has 1 unspecified atom stereocenters. The van der Waals surface area contributed by atoms with Crippen LogP contribution in [0.3, 0.4) is 0 Å². The van der Waals surface area contributed by atoms with E-state index in [1.807, 2.05) is 0 Å². The second-order valence-corrected chi connectivity index (χ2v) is 4.87. The molecule has 0 radical (unpaired) electrons. The fourth-order valence-corrected chi connectivity index (χ4v) is 1.39. The highest BCUT2D eigenvalue weighted by Gasteiger charge is 2.26. The first-order valence-corrected chi connectivity index (χ1v) is 4.81. The molecule has 0 fully saturated rings. The Morgan fingerprint density at radius 1 is 1.54 bits per heavy atom. The zero-order valence-corrected chi connectivity index (χ0v) is 9.58.